The Balaban J connectivity index is 0.000000249. The van der Waals surface area contributed by atoms with E-state index >= 15 is 0 Å². The van der Waals surface area contributed by atoms with Crippen molar-refractivity contribution >= 4 is 12.3 Å². The second-order valence-corrected chi connectivity index (χ2v) is 5.90. The van der Waals surface area contributed by atoms with Gasteiger partial charge in [0.15, 0.2) is 0 Å². The van der Waals surface area contributed by atoms with Crippen LogP contribution in [0.15, 0.2) is 12.7 Å². The van der Waals surface area contributed by atoms with Crippen LogP contribution in [0.3, 0.4) is 0 Å². The number of fused-ring (bicyclic) bond motifs is 2. The molecule has 3 nitrogen and oxygen atoms in total. The maximum absolute atomic E-state index is 10.9. The van der Waals surface area contributed by atoms with Crippen molar-refractivity contribution in [1.82, 2.24) is 0 Å². The van der Waals surface area contributed by atoms with Crippen molar-refractivity contribution in [3.8, 4) is 0 Å². The molecule has 2 fully saturated rings. The molecule has 96 valence electrons. The molecule has 0 aromatic rings. The number of carboxylic acids is 1. The molecule has 0 spiro atoms. The fourth-order valence-corrected chi connectivity index (χ4v) is 3.47. The van der Waals surface area contributed by atoms with Gasteiger partial charge in [-0.2, -0.15) is 0 Å². The van der Waals surface area contributed by atoms with Crippen LogP contribution in [0.5, 0.6) is 0 Å². The van der Waals surface area contributed by atoms with E-state index in [0.29, 0.717) is 16.7 Å². The second kappa shape index (κ2) is 4.63. The monoisotopic (exact) mass is 238 g/mol. The van der Waals surface area contributed by atoms with E-state index in [0.717, 1.165) is 18.4 Å². The van der Waals surface area contributed by atoms with Crippen molar-refractivity contribution in [2.45, 2.75) is 40.0 Å². The Morgan fingerprint density at radius 3 is 2.12 bits per heavy atom. The molecule has 17 heavy (non-hydrogen) atoms. The van der Waals surface area contributed by atoms with Crippen LogP contribution in [-0.4, -0.2) is 17.4 Å². The molecule has 3 unspecified atom stereocenters. The molecule has 0 saturated heterocycles. The lowest BCUT2D eigenvalue weighted by atomic mass is 9.67. The minimum absolute atomic E-state index is 0.305. The molecule has 2 saturated carbocycles. The van der Waals surface area contributed by atoms with E-state index < -0.39 is 5.97 Å². The average molecular weight is 238 g/mol. The standard InChI is InChI=1S/C11H18O.C3H4O2/c1-10(2)8-4-5-11(10,3)9(6-8)7-12;1-2-3(4)5/h7-9H,4-6H2,1-3H3;2H,1H2,(H,4,5). The maximum Gasteiger partial charge on any atom is 0.327 e. The lowest BCUT2D eigenvalue weighted by Crippen LogP contribution is -2.32. The molecule has 1 N–H and O–H groups in total. The third-order valence-corrected chi connectivity index (χ3v) is 5.20. The lowest BCUT2D eigenvalue weighted by molar-refractivity contribution is -0.131. The first-order chi connectivity index (χ1) is 7.79. The maximum atomic E-state index is 10.9. The van der Waals surface area contributed by atoms with Crippen molar-refractivity contribution in [2.75, 3.05) is 0 Å². The fourth-order valence-electron chi connectivity index (χ4n) is 3.47. The van der Waals surface area contributed by atoms with Gasteiger partial charge >= 0.3 is 5.97 Å². The Morgan fingerprint density at radius 1 is 1.41 bits per heavy atom. The van der Waals surface area contributed by atoms with E-state index in [1.165, 1.54) is 19.1 Å². The molecule has 0 aliphatic heterocycles. The molecule has 2 aliphatic rings. The third-order valence-electron chi connectivity index (χ3n) is 5.20. The molecule has 2 rings (SSSR count). The quantitative estimate of drug-likeness (QED) is 0.594. The Morgan fingerprint density at radius 2 is 1.94 bits per heavy atom. The summed E-state index contributed by atoms with van der Waals surface area (Å²) in [5.74, 6) is 0.161. The number of carbonyl (C=O) groups is 2. The summed E-state index contributed by atoms with van der Waals surface area (Å²) in [6, 6.07) is 0. The Kier molecular flexibility index (Phi) is 3.80. The van der Waals surface area contributed by atoms with Crippen LogP contribution in [-0.2, 0) is 9.59 Å². The molecular formula is C14H22O3. The molecule has 0 amide bonds. The zero-order chi connectivity index (χ0) is 13.3. The van der Waals surface area contributed by atoms with Gasteiger partial charge in [-0.25, -0.2) is 4.79 Å². The lowest BCUT2D eigenvalue weighted by Gasteiger charge is -2.37. The summed E-state index contributed by atoms with van der Waals surface area (Å²) in [5.41, 5.74) is 0.706. The van der Waals surface area contributed by atoms with Crippen molar-refractivity contribution in [1.29, 1.82) is 0 Å². The van der Waals surface area contributed by atoms with Gasteiger partial charge in [0.1, 0.15) is 6.29 Å². The van der Waals surface area contributed by atoms with Crippen molar-refractivity contribution < 1.29 is 14.7 Å². The molecule has 0 aromatic carbocycles. The van der Waals surface area contributed by atoms with E-state index in [9.17, 15) is 9.59 Å². The Hall–Kier alpha value is -1.12. The van der Waals surface area contributed by atoms with E-state index in [-0.39, 0.29) is 0 Å². The van der Waals surface area contributed by atoms with Gasteiger partial charge < -0.3 is 9.90 Å². The molecule has 2 aliphatic carbocycles. The summed E-state index contributed by atoms with van der Waals surface area (Å²) in [5, 5.41) is 7.60. The number of rotatable bonds is 2. The smallest absolute Gasteiger partial charge is 0.327 e. The summed E-state index contributed by atoms with van der Waals surface area (Å²) < 4.78 is 0. The van der Waals surface area contributed by atoms with Gasteiger partial charge in [-0.3, -0.25) is 0 Å². The van der Waals surface area contributed by atoms with Crippen LogP contribution < -0.4 is 0 Å². The topological polar surface area (TPSA) is 54.4 Å². The molecule has 0 radical (unpaired) electrons. The molecule has 2 bridgehead atoms. The minimum atomic E-state index is -0.981. The van der Waals surface area contributed by atoms with Gasteiger partial charge in [0.2, 0.25) is 0 Å². The van der Waals surface area contributed by atoms with E-state index in [1.54, 1.807) is 0 Å². The predicted octanol–water partition coefficient (Wildman–Crippen LogP) is 2.90. The highest BCUT2D eigenvalue weighted by Gasteiger charge is 2.60. The van der Waals surface area contributed by atoms with Crippen LogP contribution >= 0.6 is 0 Å². The average Bonchev–Trinajstić information content (AvgIpc) is 2.61. The number of carboxylic acid groups (broad SMARTS) is 1. The summed E-state index contributed by atoms with van der Waals surface area (Å²) in [6.07, 6.45) is 5.77. The van der Waals surface area contributed by atoms with E-state index in [2.05, 4.69) is 27.4 Å². The van der Waals surface area contributed by atoms with Crippen molar-refractivity contribution in [2.24, 2.45) is 22.7 Å². The second-order valence-electron chi connectivity index (χ2n) is 5.90. The van der Waals surface area contributed by atoms with Crippen molar-refractivity contribution in [3.05, 3.63) is 12.7 Å². The highest BCUT2D eigenvalue weighted by Crippen LogP contribution is 2.67. The highest BCUT2D eigenvalue weighted by atomic mass is 16.4. The predicted molar refractivity (Wildman–Crippen MR) is 66.6 cm³/mol. The molecule has 0 heterocycles. The van der Waals surface area contributed by atoms with Gasteiger partial charge in [-0.1, -0.05) is 27.4 Å². The van der Waals surface area contributed by atoms with Gasteiger partial charge in [0, 0.05) is 12.0 Å². The highest BCUT2D eigenvalue weighted by molar-refractivity contribution is 5.78. The molecular weight excluding hydrogens is 216 g/mol. The summed E-state index contributed by atoms with van der Waals surface area (Å²) in [7, 11) is 0. The van der Waals surface area contributed by atoms with Crippen LogP contribution in [0.2, 0.25) is 0 Å². The molecule has 3 atom stereocenters. The summed E-state index contributed by atoms with van der Waals surface area (Å²) >= 11 is 0. The normalized spacial score (nSPS) is 36.9. The van der Waals surface area contributed by atoms with Crippen molar-refractivity contribution in [3.63, 3.8) is 0 Å². The van der Waals surface area contributed by atoms with Gasteiger partial charge in [0.25, 0.3) is 0 Å². The number of aliphatic carboxylic acids is 1. The number of hydrogen-bond acceptors (Lipinski definition) is 2. The largest absolute Gasteiger partial charge is 0.478 e. The Bertz CT molecular complexity index is 332. The SMILES string of the molecule is C=CC(=O)O.CC1(C)C2CCC1(C)C(C=O)C2. The van der Waals surface area contributed by atoms with Crippen LogP contribution in [0.4, 0.5) is 0 Å². The van der Waals surface area contributed by atoms with Gasteiger partial charge in [-0.15, -0.1) is 0 Å². The van der Waals surface area contributed by atoms with Crippen LogP contribution in [0, 0.1) is 22.7 Å². The number of carbonyl (C=O) groups excluding carboxylic acids is 1. The third kappa shape index (κ3) is 2.15. The minimum Gasteiger partial charge on any atom is -0.478 e. The van der Waals surface area contributed by atoms with Crippen LogP contribution in [0.1, 0.15) is 40.0 Å². The first-order valence-electron chi connectivity index (χ1n) is 6.10. The van der Waals surface area contributed by atoms with Crippen LogP contribution in [0.25, 0.3) is 0 Å². The van der Waals surface area contributed by atoms with Gasteiger partial charge in [0.05, 0.1) is 0 Å². The number of hydrogen-bond donors (Lipinski definition) is 1. The summed E-state index contributed by atoms with van der Waals surface area (Å²) in [6.45, 7) is 9.95. The van der Waals surface area contributed by atoms with E-state index in [4.69, 9.17) is 5.11 Å². The summed E-state index contributed by atoms with van der Waals surface area (Å²) in [4.78, 5) is 20.1. The number of aldehydes is 1. The molecule has 3 heteroatoms. The fraction of sp³-hybridized carbons (Fsp3) is 0.714. The zero-order valence-corrected chi connectivity index (χ0v) is 10.9. The zero-order valence-electron chi connectivity index (χ0n) is 10.9. The first-order valence-corrected chi connectivity index (χ1v) is 6.10. The Labute approximate surface area is 103 Å². The molecule has 0 aromatic heterocycles. The van der Waals surface area contributed by atoms with E-state index in [1.807, 2.05) is 0 Å². The first kappa shape index (κ1) is 13.9. The van der Waals surface area contributed by atoms with Gasteiger partial charge in [-0.05, 0) is 36.0 Å².